The molecule has 0 fully saturated rings. The highest BCUT2D eigenvalue weighted by Crippen LogP contribution is 2.15. The Labute approximate surface area is 111 Å². The highest BCUT2D eigenvalue weighted by atomic mass is 79.9. The summed E-state index contributed by atoms with van der Waals surface area (Å²) in [6.45, 7) is 4.96. The van der Waals surface area contributed by atoms with Gasteiger partial charge in [0, 0.05) is 29.2 Å². The maximum absolute atomic E-state index is 11.6. The van der Waals surface area contributed by atoms with Gasteiger partial charge in [0.1, 0.15) is 0 Å². The van der Waals surface area contributed by atoms with Crippen LogP contribution in [0.2, 0.25) is 0 Å². The molecule has 0 aliphatic carbocycles. The van der Waals surface area contributed by atoms with Crippen LogP contribution in [0.5, 0.6) is 0 Å². The molecule has 0 aliphatic heterocycles. The average molecular weight is 299 g/mol. The molecule has 3 nitrogen and oxygen atoms in total. The summed E-state index contributed by atoms with van der Waals surface area (Å²) in [5.74, 6) is 0.0407. The predicted molar refractivity (Wildman–Crippen MR) is 75.1 cm³/mol. The molecule has 0 bridgehead atoms. The number of hydrogen-bond donors (Lipinski definition) is 2. The Kier molecular flexibility index (Phi) is 6.22. The molecule has 0 aliphatic rings. The fourth-order valence-corrected chi connectivity index (χ4v) is 1.77. The van der Waals surface area contributed by atoms with Crippen molar-refractivity contribution in [3.63, 3.8) is 0 Å². The van der Waals surface area contributed by atoms with Crippen LogP contribution in [0.4, 0.5) is 5.69 Å². The summed E-state index contributed by atoms with van der Waals surface area (Å²) in [5.41, 5.74) is 0.827. The Morgan fingerprint density at radius 2 is 2.24 bits per heavy atom. The summed E-state index contributed by atoms with van der Waals surface area (Å²) in [7, 11) is 0. The molecule has 1 aromatic carbocycles. The van der Waals surface area contributed by atoms with Gasteiger partial charge in [-0.15, -0.1) is 0 Å². The lowest BCUT2D eigenvalue weighted by molar-refractivity contribution is -0.116. The van der Waals surface area contributed by atoms with Gasteiger partial charge in [0.15, 0.2) is 0 Å². The van der Waals surface area contributed by atoms with E-state index in [1.807, 2.05) is 24.3 Å². The summed E-state index contributed by atoms with van der Waals surface area (Å²) in [4.78, 5) is 11.6. The second-order valence-corrected chi connectivity index (χ2v) is 4.99. The van der Waals surface area contributed by atoms with Gasteiger partial charge in [-0.2, -0.15) is 0 Å². The predicted octanol–water partition coefficient (Wildman–Crippen LogP) is 3.17. The van der Waals surface area contributed by atoms with E-state index in [0.717, 1.165) is 23.1 Å². The van der Waals surface area contributed by atoms with Gasteiger partial charge in [-0.3, -0.25) is 4.79 Å². The van der Waals surface area contributed by atoms with Gasteiger partial charge in [-0.05, 0) is 31.5 Å². The number of nitrogens with one attached hydrogen (secondary N) is 2. The Hall–Kier alpha value is -0.870. The molecule has 1 unspecified atom stereocenters. The van der Waals surface area contributed by atoms with Crippen molar-refractivity contribution in [1.82, 2.24) is 5.32 Å². The maximum Gasteiger partial charge on any atom is 0.225 e. The average Bonchev–Trinajstić information content (AvgIpc) is 2.28. The van der Waals surface area contributed by atoms with Gasteiger partial charge in [0.25, 0.3) is 0 Å². The molecule has 1 aromatic rings. The van der Waals surface area contributed by atoms with Crippen molar-refractivity contribution in [3.05, 3.63) is 28.7 Å². The molecule has 94 valence electrons. The van der Waals surface area contributed by atoms with E-state index in [1.54, 1.807) is 0 Å². The quantitative estimate of drug-likeness (QED) is 0.847. The van der Waals surface area contributed by atoms with Crippen LogP contribution < -0.4 is 10.6 Å². The van der Waals surface area contributed by atoms with E-state index in [9.17, 15) is 4.79 Å². The highest BCUT2D eigenvalue weighted by Gasteiger charge is 2.03. The van der Waals surface area contributed by atoms with E-state index in [4.69, 9.17) is 0 Å². The first-order chi connectivity index (χ1) is 8.11. The number of carbonyl (C=O) groups excluding carboxylic acids is 1. The van der Waals surface area contributed by atoms with E-state index >= 15 is 0 Å². The van der Waals surface area contributed by atoms with Gasteiger partial charge in [0.2, 0.25) is 5.91 Å². The zero-order chi connectivity index (χ0) is 12.7. The molecule has 2 N–H and O–H groups in total. The lowest BCUT2D eigenvalue weighted by Crippen LogP contribution is -2.28. The standard InChI is InChI=1S/C13H19BrN2O/c1-3-10(2)15-8-7-13(17)16-12-6-4-5-11(14)9-12/h4-6,9-10,15H,3,7-8H2,1-2H3,(H,16,17). The fraction of sp³-hybridized carbons (Fsp3) is 0.462. The van der Waals surface area contributed by atoms with Gasteiger partial charge in [-0.25, -0.2) is 0 Å². The van der Waals surface area contributed by atoms with E-state index < -0.39 is 0 Å². The third kappa shape index (κ3) is 5.84. The Bertz CT molecular complexity index is 368. The second kappa shape index (κ2) is 7.45. The van der Waals surface area contributed by atoms with Gasteiger partial charge in [0.05, 0.1) is 0 Å². The minimum Gasteiger partial charge on any atom is -0.326 e. The third-order valence-electron chi connectivity index (χ3n) is 2.57. The third-order valence-corrected chi connectivity index (χ3v) is 3.06. The number of carbonyl (C=O) groups is 1. The van der Waals surface area contributed by atoms with Crippen LogP contribution >= 0.6 is 15.9 Å². The van der Waals surface area contributed by atoms with Crippen molar-refractivity contribution in [1.29, 1.82) is 0 Å². The monoisotopic (exact) mass is 298 g/mol. The fourth-order valence-electron chi connectivity index (χ4n) is 1.37. The van der Waals surface area contributed by atoms with Crippen molar-refractivity contribution in [2.75, 3.05) is 11.9 Å². The molecular formula is C13H19BrN2O. The van der Waals surface area contributed by atoms with E-state index in [0.29, 0.717) is 12.5 Å². The number of halogens is 1. The molecule has 0 spiro atoms. The topological polar surface area (TPSA) is 41.1 Å². The van der Waals surface area contributed by atoms with Crippen molar-refractivity contribution in [3.8, 4) is 0 Å². The van der Waals surface area contributed by atoms with Gasteiger partial charge < -0.3 is 10.6 Å². The molecule has 0 saturated carbocycles. The van der Waals surface area contributed by atoms with Crippen LogP contribution in [0.25, 0.3) is 0 Å². The molecule has 1 atom stereocenters. The van der Waals surface area contributed by atoms with Gasteiger partial charge in [-0.1, -0.05) is 28.9 Å². The normalized spacial score (nSPS) is 12.2. The lowest BCUT2D eigenvalue weighted by atomic mass is 10.2. The van der Waals surface area contributed by atoms with Crippen LogP contribution in [0.1, 0.15) is 26.7 Å². The zero-order valence-electron chi connectivity index (χ0n) is 10.3. The largest absolute Gasteiger partial charge is 0.326 e. The second-order valence-electron chi connectivity index (χ2n) is 4.07. The Balaban J connectivity index is 2.30. The Morgan fingerprint density at radius 1 is 1.47 bits per heavy atom. The maximum atomic E-state index is 11.6. The number of benzene rings is 1. The summed E-state index contributed by atoms with van der Waals surface area (Å²) in [6, 6.07) is 8.07. The molecule has 0 saturated heterocycles. The molecule has 4 heteroatoms. The number of rotatable bonds is 6. The van der Waals surface area contributed by atoms with Crippen LogP contribution in [-0.2, 0) is 4.79 Å². The van der Waals surface area contributed by atoms with E-state index in [2.05, 4.69) is 40.4 Å². The molecular weight excluding hydrogens is 280 g/mol. The SMILES string of the molecule is CCC(C)NCCC(=O)Nc1cccc(Br)c1. The van der Waals surface area contributed by atoms with E-state index in [1.165, 1.54) is 0 Å². The summed E-state index contributed by atoms with van der Waals surface area (Å²) < 4.78 is 0.966. The first-order valence-corrected chi connectivity index (χ1v) is 6.70. The van der Waals surface area contributed by atoms with Crippen LogP contribution in [0.15, 0.2) is 28.7 Å². The van der Waals surface area contributed by atoms with Crippen LogP contribution in [0.3, 0.4) is 0 Å². The Morgan fingerprint density at radius 3 is 2.88 bits per heavy atom. The lowest BCUT2D eigenvalue weighted by Gasteiger charge is -2.11. The van der Waals surface area contributed by atoms with Crippen molar-refractivity contribution < 1.29 is 4.79 Å². The van der Waals surface area contributed by atoms with Gasteiger partial charge >= 0.3 is 0 Å². The minimum atomic E-state index is 0.0407. The van der Waals surface area contributed by atoms with Crippen LogP contribution in [-0.4, -0.2) is 18.5 Å². The molecule has 0 aromatic heterocycles. The van der Waals surface area contributed by atoms with Crippen molar-refractivity contribution in [2.45, 2.75) is 32.7 Å². The van der Waals surface area contributed by atoms with Crippen LogP contribution in [0, 0.1) is 0 Å². The molecule has 1 amide bonds. The smallest absolute Gasteiger partial charge is 0.225 e. The first kappa shape index (κ1) is 14.2. The van der Waals surface area contributed by atoms with E-state index in [-0.39, 0.29) is 5.91 Å². The van der Waals surface area contributed by atoms with Crippen molar-refractivity contribution >= 4 is 27.5 Å². The highest BCUT2D eigenvalue weighted by molar-refractivity contribution is 9.10. The number of anilines is 1. The number of amides is 1. The first-order valence-electron chi connectivity index (χ1n) is 5.90. The van der Waals surface area contributed by atoms with Crippen molar-refractivity contribution in [2.24, 2.45) is 0 Å². The summed E-state index contributed by atoms with van der Waals surface area (Å²) in [5, 5.41) is 6.16. The number of hydrogen-bond acceptors (Lipinski definition) is 2. The molecule has 0 radical (unpaired) electrons. The zero-order valence-corrected chi connectivity index (χ0v) is 11.9. The molecule has 17 heavy (non-hydrogen) atoms. The minimum absolute atomic E-state index is 0.0407. The molecule has 1 rings (SSSR count). The summed E-state index contributed by atoms with van der Waals surface area (Å²) in [6.07, 6.45) is 1.57. The summed E-state index contributed by atoms with van der Waals surface area (Å²) >= 11 is 3.37. The molecule has 0 heterocycles.